The van der Waals surface area contributed by atoms with Gasteiger partial charge in [0.1, 0.15) is 6.17 Å². The number of carbonyl (C=O) groups excluding carboxylic acids is 1. The van der Waals surface area contributed by atoms with Crippen LogP contribution in [0.5, 0.6) is 0 Å². The molecule has 2 aromatic carbocycles. The van der Waals surface area contributed by atoms with Crippen molar-refractivity contribution < 1.29 is 4.79 Å². The van der Waals surface area contributed by atoms with E-state index in [9.17, 15) is 4.79 Å². The molecule has 0 unspecified atom stereocenters. The van der Waals surface area contributed by atoms with Crippen molar-refractivity contribution in [3.63, 3.8) is 0 Å². The number of benzene rings is 2. The van der Waals surface area contributed by atoms with E-state index in [1.165, 1.54) is 6.07 Å². The molecule has 1 atom stereocenters. The zero-order chi connectivity index (χ0) is 17.0. The lowest BCUT2D eigenvalue weighted by Gasteiger charge is -2.27. The van der Waals surface area contributed by atoms with Crippen molar-refractivity contribution in [2.45, 2.75) is 9.96 Å². The van der Waals surface area contributed by atoms with Gasteiger partial charge < -0.3 is 10.6 Å². The Bertz CT molecular complexity index is 702. The third-order valence-corrected chi connectivity index (χ3v) is 3.95. The van der Waals surface area contributed by atoms with Crippen molar-refractivity contribution in [1.82, 2.24) is 5.32 Å². The third-order valence-electron chi connectivity index (χ3n) is 2.83. The lowest BCUT2D eigenvalue weighted by atomic mass is 10.2. The summed E-state index contributed by atoms with van der Waals surface area (Å²) in [5.41, 5.74) is 0.949. The quantitative estimate of drug-likeness (QED) is 0.512. The van der Waals surface area contributed by atoms with Crippen molar-refractivity contribution in [3.8, 4) is 0 Å². The number of rotatable bonds is 4. The highest BCUT2D eigenvalue weighted by Crippen LogP contribution is 2.31. The summed E-state index contributed by atoms with van der Waals surface area (Å²) in [5.74, 6) is -0.432. The minimum atomic E-state index is -1.78. The molecule has 0 saturated heterocycles. The third kappa shape index (κ3) is 5.63. The summed E-state index contributed by atoms with van der Waals surface area (Å²) in [7, 11) is 0. The lowest BCUT2D eigenvalue weighted by Crippen LogP contribution is -2.49. The molecule has 0 bridgehead atoms. The normalized spacial score (nSPS) is 12.6. The Morgan fingerprint density at radius 3 is 2.13 bits per heavy atom. The van der Waals surface area contributed by atoms with Crippen molar-refractivity contribution in [3.05, 3.63) is 64.1 Å². The summed E-state index contributed by atoms with van der Waals surface area (Å²) in [6, 6.07) is 13.3. The summed E-state index contributed by atoms with van der Waals surface area (Å²) in [6.07, 6.45) is -0.975. The molecule has 0 saturated carbocycles. The Balaban J connectivity index is 2.18. The summed E-state index contributed by atoms with van der Waals surface area (Å²) in [4.78, 5) is 12.3. The van der Waals surface area contributed by atoms with Crippen LogP contribution < -0.4 is 10.6 Å². The van der Waals surface area contributed by atoms with Crippen LogP contribution in [0, 0.1) is 0 Å². The molecule has 3 nitrogen and oxygen atoms in total. The lowest BCUT2D eigenvalue weighted by molar-refractivity contribution is 0.0942. The Labute approximate surface area is 158 Å². The van der Waals surface area contributed by atoms with Gasteiger partial charge in [-0.05, 0) is 36.4 Å². The largest absolute Gasteiger partial charge is 0.362 e. The van der Waals surface area contributed by atoms with Crippen LogP contribution >= 0.6 is 58.0 Å². The van der Waals surface area contributed by atoms with Gasteiger partial charge in [0.25, 0.3) is 5.91 Å². The van der Waals surface area contributed by atoms with Gasteiger partial charge in [-0.3, -0.25) is 4.79 Å². The van der Waals surface area contributed by atoms with E-state index in [2.05, 4.69) is 10.6 Å². The molecule has 0 radical (unpaired) electrons. The molecule has 0 aliphatic carbocycles. The maximum atomic E-state index is 12.3. The Morgan fingerprint density at radius 1 is 0.957 bits per heavy atom. The number of hydrogen-bond acceptors (Lipinski definition) is 2. The first-order chi connectivity index (χ1) is 10.8. The van der Waals surface area contributed by atoms with Crippen LogP contribution in [0.4, 0.5) is 5.69 Å². The first-order valence-corrected chi connectivity index (χ1v) is 8.30. The fourth-order valence-corrected chi connectivity index (χ4v) is 2.50. The number of hydrogen-bond donors (Lipinski definition) is 2. The van der Waals surface area contributed by atoms with Crippen molar-refractivity contribution in [1.29, 1.82) is 0 Å². The standard InChI is InChI=1S/C15H11Cl5N2O/c16-10-4-1-3-9(7-10)13(23)22-14(15(18,19)20)21-12-6-2-5-11(17)8-12/h1-8,14,21H,(H,22,23)/t14-/m0/s1. The van der Waals surface area contributed by atoms with E-state index < -0.39 is 15.9 Å². The number of halogens is 5. The maximum Gasteiger partial charge on any atom is 0.253 e. The number of nitrogens with one attached hydrogen (secondary N) is 2. The van der Waals surface area contributed by atoms with Crippen molar-refractivity contribution in [2.75, 3.05) is 5.32 Å². The fraction of sp³-hybridized carbons (Fsp3) is 0.133. The molecular formula is C15H11Cl5N2O. The molecule has 2 N–H and O–H groups in total. The molecule has 0 heterocycles. The van der Waals surface area contributed by atoms with Gasteiger partial charge in [0.05, 0.1) is 0 Å². The molecule has 0 aromatic heterocycles. The van der Waals surface area contributed by atoms with Crippen molar-refractivity contribution >= 4 is 69.6 Å². The molecule has 23 heavy (non-hydrogen) atoms. The van der Waals surface area contributed by atoms with Gasteiger partial charge in [-0.15, -0.1) is 0 Å². The maximum absolute atomic E-state index is 12.3. The average Bonchev–Trinajstić information content (AvgIpc) is 2.45. The summed E-state index contributed by atoms with van der Waals surface area (Å²) in [6.45, 7) is 0. The molecule has 122 valence electrons. The molecule has 0 spiro atoms. The predicted molar refractivity (Wildman–Crippen MR) is 98.1 cm³/mol. The molecule has 0 fully saturated rings. The highest BCUT2D eigenvalue weighted by atomic mass is 35.6. The highest BCUT2D eigenvalue weighted by molar-refractivity contribution is 6.68. The number of amides is 1. The number of carbonyl (C=O) groups is 1. The zero-order valence-electron chi connectivity index (χ0n) is 11.5. The van der Waals surface area contributed by atoms with Gasteiger partial charge in [-0.25, -0.2) is 0 Å². The molecule has 2 rings (SSSR count). The van der Waals surface area contributed by atoms with Crippen LogP contribution in [0.1, 0.15) is 10.4 Å². The first kappa shape index (κ1) is 18.5. The van der Waals surface area contributed by atoms with E-state index in [1.807, 2.05) is 0 Å². The van der Waals surface area contributed by atoms with Crippen LogP contribution in [0.2, 0.25) is 10.0 Å². The summed E-state index contributed by atoms with van der Waals surface area (Å²) < 4.78 is -1.78. The number of anilines is 1. The summed E-state index contributed by atoms with van der Waals surface area (Å²) in [5, 5.41) is 6.50. The van der Waals surface area contributed by atoms with E-state index >= 15 is 0 Å². The zero-order valence-corrected chi connectivity index (χ0v) is 15.3. The van der Waals surface area contributed by atoms with Gasteiger partial charge in [0.2, 0.25) is 3.79 Å². The van der Waals surface area contributed by atoms with Crippen LogP contribution in [-0.4, -0.2) is 15.9 Å². The van der Waals surface area contributed by atoms with Crippen LogP contribution in [0.25, 0.3) is 0 Å². The second kappa shape index (κ2) is 7.82. The monoisotopic (exact) mass is 410 g/mol. The van der Waals surface area contributed by atoms with Crippen molar-refractivity contribution in [2.24, 2.45) is 0 Å². The Hall–Kier alpha value is -0.840. The topological polar surface area (TPSA) is 41.1 Å². The van der Waals surface area contributed by atoms with E-state index in [1.54, 1.807) is 42.5 Å². The minimum absolute atomic E-state index is 0.352. The molecule has 0 aliphatic rings. The van der Waals surface area contributed by atoms with Gasteiger partial charge in [0.15, 0.2) is 0 Å². The molecule has 0 aliphatic heterocycles. The molecule has 1 amide bonds. The molecule has 8 heteroatoms. The van der Waals surface area contributed by atoms with Crippen LogP contribution in [0.3, 0.4) is 0 Å². The van der Waals surface area contributed by atoms with E-state index in [-0.39, 0.29) is 0 Å². The fourth-order valence-electron chi connectivity index (χ4n) is 1.79. The number of alkyl halides is 3. The smallest absolute Gasteiger partial charge is 0.253 e. The second-order valence-electron chi connectivity index (χ2n) is 4.61. The SMILES string of the molecule is O=C(N[C@H](Nc1cccc(Cl)c1)C(Cl)(Cl)Cl)c1cccc(Cl)c1. The van der Waals surface area contributed by atoms with Gasteiger partial charge in [0, 0.05) is 21.3 Å². The first-order valence-electron chi connectivity index (χ1n) is 6.41. The van der Waals surface area contributed by atoms with E-state index in [0.717, 1.165) is 0 Å². The van der Waals surface area contributed by atoms with E-state index in [0.29, 0.717) is 21.3 Å². The van der Waals surface area contributed by atoms with Gasteiger partial charge in [-0.2, -0.15) is 0 Å². The minimum Gasteiger partial charge on any atom is -0.362 e. The Morgan fingerprint density at radius 2 is 1.57 bits per heavy atom. The molecule has 2 aromatic rings. The van der Waals surface area contributed by atoms with E-state index in [4.69, 9.17) is 58.0 Å². The van der Waals surface area contributed by atoms with Crippen LogP contribution in [0.15, 0.2) is 48.5 Å². The second-order valence-corrected chi connectivity index (χ2v) is 7.85. The highest BCUT2D eigenvalue weighted by Gasteiger charge is 2.34. The average molecular weight is 413 g/mol. The van der Waals surface area contributed by atoms with Gasteiger partial charge in [-0.1, -0.05) is 70.1 Å². The van der Waals surface area contributed by atoms with Gasteiger partial charge >= 0.3 is 0 Å². The van der Waals surface area contributed by atoms with Crippen LogP contribution in [-0.2, 0) is 0 Å². The Kier molecular flexibility index (Phi) is 6.29. The predicted octanol–water partition coefficient (Wildman–Crippen LogP) is 5.53. The molecular weight excluding hydrogens is 401 g/mol. The summed E-state index contributed by atoms with van der Waals surface area (Å²) >= 11 is 29.6.